The van der Waals surface area contributed by atoms with Crippen molar-refractivity contribution in [2.45, 2.75) is 51.5 Å². The third-order valence-electron chi connectivity index (χ3n) is 4.02. The molecule has 1 heterocycles. The van der Waals surface area contributed by atoms with Crippen LogP contribution in [-0.4, -0.2) is 35.6 Å². The summed E-state index contributed by atoms with van der Waals surface area (Å²) >= 11 is 0. The minimum Gasteiger partial charge on any atom is -0.300 e. The minimum atomic E-state index is 0.214. The molecule has 0 spiro atoms. The number of nitrogens with zero attached hydrogens (tertiary/aromatic N) is 1. The van der Waals surface area contributed by atoms with Crippen LogP contribution in [0.3, 0.4) is 0 Å². The van der Waals surface area contributed by atoms with Gasteiger partial charge in [-0.15, -0.1) is 0 Å². The molecule has 0 N–H and O–H groups in total. The van der Waals surface area contributed by atoms with Crippen LogP contribution in [-0.2, 0) is 9.59 Å². The number of carbonyl (C=O) groups excluding carboxylic acids is 2. The molecule has 2 aliphatic rings. The predicted octanol–water partition coefficient (Wildman–Crippen LogP) is 1.80. The Kier molecular flexibility index (Phi) is 3.74. The van der Waals surface area contributed by atoms with Gasteiger partial charge in [0, 0.05) is 44.3 Å². The molecule has 2 atom stereocenters. The van der Waals surface area contributed by atoms with Gasteiger partial charge in [-0.2, -0.15) is 0 Å². The zero-order valence-corrected chi connectivity index (χ0v) is 10.1. The van der Waals surface area contributed by atoms with Gasteiger partial charge in [0.2, 0.25) is 0 Å². The largest absolute Gasteiger partial charge is 0.300 e. The van der Waals surface area contributed by atoms with E-state index >= 15 is 0 Å². The first kappa shape index (κ1) is 11.8. The molecule has 0 amide bonds. The molecule has 3 heteroatoms. The SMILES string of the molecule is CCC1CN(C2CCCC(=O)C2)CCC1=O. The second-order valence-corrected chi connectivity index (χ2v) is 5.11. The lowest BCUT2D eigenvalue weighted by Gasteiger charge is -2.38. The first-order chi connectivity index (χ1) is 7.70. The summed E-state index contributed by atoms with van der Waals surface area (Å²) in [7, 11) is 0. The lowest BCUT2D eigenvalue weighted by Crippen LogP contribution is -2.47. The van der Waals surface area contributed by atoms with Gasteiger partial charge in [-0.05, 0) is 19.3 Å². The summed E-state index contributed by atoms with van der Waals surface area (Å²) in [6.45, 7) is 3.83. The summed E-state index contributed by atoms with van der Waals surface area (Å²) in [6.07, 6.45) is 5.27. The average molecular weight is 223 g/mol. The number of hydrogen-bond donors (Lipinski definition) is 0. The van der Waals surface area contributed by atoms with Crippen molar-refractivity contribution in [1.29, 1.82) is 0 Å². The lowest BCUT2D eigenvalue weighted by molar-refractivity contribution is -0.128. The monoisotopic (exact) mass is 223 g/mol. The Labute approximate surface area is 97.2 Å². The van der Waals surface area contributed by atoms with Crippen LogP contribution in [0.2, 0.25) is 0 Å². The summed E-state index contributed by atoms with van der Waals surface area (Å²) in [4.78, 5) is 25.4. The van der Waals surface area contributed by atoms with Gasteiger partial charge in [-0.3, -0.25) is 14.5 Å². The molecule has 1 aliphatic heterocycles. The molecule has 1 saturated carbocycles. The van der Waals surface area contributed by atoms with Gasteiger partial charge in [0.15, 0.2) is 0 Å². The van der Waals surface area contributed by atoms with Crippen LogP contribution >= 0.6 is 0 Å². The molecule has 3 nitrogen and oxygen atoms in total. The Bertz CT molecular complexity index is 288. The maximum atomic E-state index is 11.6. The highest BCUT2D eigenvalue weighted by atomic mass is 16.1. The first-order valence-electron chi connectivity index (χ1n) is 6.49. The molecular weight excluding hydrogens is 202 g/mol. The van der Waals surface area contributed by atoms with E-state index in [0.717, 1.165) is 38.8 Å². The van der Waals surface area contributed by atoms with Crippen molar-refractivity contribution in [2.75, 3.05) is 13.1 Å². The first-order valence-corrected chi connectivity index (χ1v) is 6.49. The molecule has 90 valence electrons. The zero-order valence-electron chi connectivity index (χ0n) is 10.1. The molecule has 2 unspecified atom stereocenters. The van der Waals surface area contributed by atoms with E-state index < -0.39 is 0 Å². The second kappa shape index (κ2) is 5.09. The summed E-state index contributed by atoms with van der Waals surface area (Å²) in [5.41, 5.74) is 0. The molecule has 2 rings (SSSR count). The highest BCUT2D eigenvalue weighted by Crippen LogP contribution is 2.25. The summed E-state index contributed by atoms with van der Waals surface area (Å²) < 4.78 is 0. The number of hydrogen-bond acceptors (Lipinski definition) is 3. The van der Waals surface area contributed by atoms with E-state index in [0.29, 0.717) is 30.4 Å². The lowest BCUT2D eigenvalue weighted by atomic mass is 9.88. The highest BCUT2D eigenvalue weighted by molar-refractivity contribution is 5.82. The van der Waals surface area contributed by atoms with Crippen LogP contribution < -0.4 is 0 Å². The smallest absolute Gasteiger partial charge is 0.138 e. The number of Topliss-reactive ketones (excluding diaryl/α,β-unsaturated/α-hetero) is 2. The summed E-state index contributed by atoms with van der Waals surface area (Å²) in [5.74, 6) is 1.04. The van der Waals surface area contributed by atoms with E-state index in [1.54, 1.807) is 0 Å². The molecular formula is C13H21NO2. The van der Waals surface area contributed by atoms with E-state index in [4.69, 9.17) is 0 Å². The number of ketones is 2. The Balaban J connectivity index is 1.94. The minimum absolute atomic E-state index is 0.214. The zero-order chi connectivity index (χ0) is 11.5. The average Bonchev–Trinajstić information content (AvgIpc) is 2.29. The number of piperidine rings is 1. The maximum absolute atomic E-state index is 11.6. The predicted molar refractivity (Wildman–Crippen MR) is 62.2 cm³/mol. The Morgan fingerprint density at radius 1 is 1.31 bits per heavy atom. The fraction of sp³-hybridized carbons (Fsp3) is 0.846. The summed E-state index contributed by atoms with van der Waals surface area (Å²) in [5, 5.41) is 0. The summed E-state index contributed by atoms with van der Waals surface area (Å²) in [6, 6.07) is 0.420. The van der Waals surface area contributed by atoms with Crippen LogP contribution in [0.4, 0.5) is 0 Å². The van der Waals surface area contributed by atoms with Crippen LogP contribution in [0.15, 0.2) is 0 Å². The Morgan fingerprint density at radius 3 is 2.81 bits per heavy atom. The maximum Gasteiger partial charge on any atom is 0.138 e. The number of likely N-dealkylation sites (tertiary alicyclic amines) is 1. The van der Waals surface area contributed by atoms with E-state index in [9.17, 15) is 9.59 Å². The molecule has 0 aromatic heterocycles. The van der Waals surface area contributed by atoms with Crippen LogP contribution in [0.5, 0.6) is 0 Å². The molecule has 0 bridgehead atoms. The van der Waals surface area contributed by atoms with Crippen molar-refractivity contribution in [3.8, 4) is 0 Å². The molecule has 1 saturated heterocycles. The molecule has 16 heavy (non-hydrogen) atoms. The standard InChI is InChI=1S/C13H21NO2/c1-2-10-9-14(7-6-13(10)16)11-4-3-5-12(15)8-11/h10-11H,2-9H2,1H3. The van der Waals surface area contributed by atoms with Crippen molar-refractivity contribution in [3.63, 3.8) is 0 Å². The number of rotatable bonds is 2. The molecule has 0 radical (unpaired) electrons. The van der Waals surface area contributed by atoms with Crippen molar-refractivity contribution in [1.82, 2.24) is 4.90 Å². The van der Waals surface area contributed by atoms with E-state index in [1.165, 1.54) is 0 Å². The van der Waals surface area contributed by atoms with Crippen molar-refractivity contribution >= 4 is 11.6 Å². The van der Waals surface area contributed by atoms with Gasteiger partial charge in [-0.1, -0.05) is 6.92 Å². The van der Waals surface area contributed by atoms with Crippen LogP contribution in [0, 0.1) is 5.92 Å². The van der Waals surface area contributed by atoms with E-state index in [2.05, 4.69) is 11.8 Å². The van der Waals surface area contributed by atoms with Crippen molar-refractivity contribution in [3.05, 3.63) is 0 Å². The molecule has 0 aromatic rings. The fourth-order valence-electron chi connectivity index (χ4n) is 2.94. The third-order valence-corrected chi connectivity index (χ3v) is 4.02. The van der Waals surface area contributed by atoms with Gasteiger partial charge >= 0.3 is 0 Å². The fourth-order valence-corrected chi connectivity index (χ4v) is 2.94. The molecule has 2 fully saturated rings. The van der Waals surface area contributed by atoms with E-state index in [1.807, 2.05) is 0 Å². The normalized spacial score (nSPS) is 33.1. The number of carbonyl (C=O) groups is 2. The molecule has 1 aliphatic carbocycles. The topological polar surface area (TPSA) is 37.4 Å². The quantitative estimate of drug-likeness (QED) is 0.716. The van der Waals surface area contributed by atoms with Crippen molar-refractivity contribution in [2.24, 2.45) is 5.92 Å². The second-order valence-electron chi connectivity index (χ2n) is 5.11. The van der Waals surface area contributed by atoms with Crippen LogP contribution in [0.25, 0.3) is 0 Å². The van der Waals surface area contributed by atoms with Gasteiger partial charge in [0.25, 0.3) is 0 Å². The van der Waals surface area contributed by atoms with Crippen LogP contribution in [0.1, 0.15) is 45.4 Å². The van der Waals surface area contributed by atoms with Gasteiger partial charge < -0.3 is 0 Å². The van der Waals surface area contributed by atoms with Crippen molar-refractivity contribution < 1.29 is 9.59 Å². The molecule has 0 aromatic carbocycles. The Morgan fingerprint density at radius 2 is 2.12 bits per heavy atom. The highest BCUT2D eigenvalue weighted by Gasteiger charge is 2.32. The van der Waals surface area contributed by atoms with Gasteiger partial charge in [-0.25, -0.2) is 0 Å². The van der Waals surface area contributed by atoms with E-state index in [-0.39, 0.29) is 5.92 Å². The van der Waals surface area contributed by atoms with Gasteiger partial charge in [0.1, 0.15) is 11.6 Å². The Hall–Kier alpha value is -0.700. The van der Waals surface area contributed by atoms with Gasteiger partial charge in [0.05, 0.1) is 0 Å². The third kappa shape index (κ3) is 2.51.